The van der Waals surface area contributed by atoms with Crippen molar-refractivity contribution in [1.82, 2.24) is 19.4 Å². The zero-order valence-corrected chi connectivity index (χ0v) is 27.5. The molecule has 0 unspecified atom stereocenters. The zero-order valence-electron chi connectivity index (χ0n) is 27.5. The van der Waals surface area contributed by atoms with Gasteiger partial charge in [-0.25, -0.2) is 15.0 Å². The predicted molar refractivity (Wildman–Crippen MR) is 209 cm³/mol. The van der Waals surface area contributed by atoms with Crippen LogP contribution in [-0.2, 0) is 0 Å². The highest BCUT2D eigenvalue weighted by atomic mass is 15.1. The Bertz CT molecular complexity index is 2910. The second-order valence-electron chi connectivity index (χ2n) is 13.2. The van der Waals surface area contributed by atoms with Gasteiger partial charge in [-0.2, -0.15) is 0 Å². The molecule has 10 aromatic rings. The van der Waals surface area contributed by atoms with Crippen molar-refractivity contribution >= 4 is 38.4 Å². The van der Waals surface area contributed by atoms with Crippen molar-refractivity contribution in [2.45, 2.75) is 0 Å². The molecule has 1 aliphatic carbocycles. The van der Waals surface area contributed by atoms with E-state index in [1.807, 2.05) is 28.9 Å². The van der Waals surface area contributed by atoms with E-state index in [2.05, 4.69) is 149 Å². The molecule has 51 heavy (non-hydrogen) atoms. The fourth-order valence-electron chi connectivity index (χ4n) is 8.28. The van der Waals surface area contributed by atoms with Crippen molar-refractivity contribution in [3.05, 3.63) is 170 Å². The van der Waals surface area contributed by atoms with Gasteiger partial charge in [-0.05, 0) is 89.3 Å². The van der Waals surface area contributed by atoms with Crippen LogP contribution in [0.15, 0.2) is 170 Å². The summed E-state index contributed by atoms with van der Waals surface area (Å²) in [5.41, 5.74) is 15.4. The Kier molecular flexibility index (Phi) is 5.92. The van der Waals surface area contributed by atoms with Crippen molar-refractivity contribution in [2.75, 3.05) is 0 Å². The first-order chi connectivity index (χ1) is 25.3. The maximum Gasteiger partial charge on any atom is 0.236 e. The minimum atomic E-state index is 0.643. The molecule has 0 saturated heterocycles. The van der Waals surface area contributed by atoms with E-state index in [0.717, 1.165) is 22.3 Å². The lowest BCUT2D eigenvalue weighted by Gasteiger charge is -2.20. The molecule has 0 fully saturated rings. The summed E-state index contributed by atoms with van der Waals surface area (Å²) in [5.74, 6) is 0.643. The van der Waals surface area contributed by atoms with Crippen LogP contribution >= 0.6 is 0 Å². The minimum absolute atomic E-state index is 0.643. The molecular formula is C47H28N4. The molecule has 0 radical (unpaired) electrons. The summed E-state index contributed by atoms with van der Waals surface area (Å²) in [4.78, 5) is 14.0. The molecule has 0 aliphatic heterocycles. The van der Waals surface area contributed by atoms with Crippen LogP contribution in [0.2, 0.25) is 0 Å². The van der Waals surface area contributed by atoms with Crippen molar-refractivity contribution in [1.29, 1.82) is 0 Å². The third-order valence-corrected chi connectivity index (χ3v) is 10.5. The van der Waals surface area contributed by atoms with E-state index in [4.69, 9.17) is 4.98 Å². The zero-order chi connectivity index (χ0) is 33.5. The highest BCUT2D eigenvalue weighted by Gasteiger charge is 2.31. The summed E-state index contributed by atoms with van der Waals surface area (Å²) < 4.78 is 1.97. The molecule has 0 N–H and O–H groups in total. The van der Waals surface area contributed by atoms with E-state index < -0.39 is 0 Å². The molecule has 4 heteroatoms. The lowest BCUT2D eigenvalue weighted by molar-refractivity contribution is 1.13. The molecule has 0 saturated carbocycles. The van der Waals surface area contributed by atoms with Crippen molar-refractivity contribution < 1.29 is 0 Å². The van der Waals surface area contributed by atoms with Crippen LogP contribution in [-0.4, -0.2) is 19.4 Å². The normalized spacial score (nSPS) is 11.9. The highest BCUT2D eigenvalue weighted by molar-refractivity contribution is 6.28. The van der Waals surface area contributed by atoms with Gasteiger partial charge < -0.3 is 0 Å². The van der Waals surface area contributed by atoms with E-state index in [9.17, 15) is 0 Å². The van der Waals surface area contributed by atoms with Crippen molar-refractivity contribution in [2.24, 2.45) is 0 Å². The molecule has 3 heterocycles. The van der Waals surface area contributed by atoms with Crippen LogP contribution in [0.1, 0.15) is 0 Å². The van der Waals surface area contributed by atoms with Crippen LogP contribution in [0.4, 0.5) is 0 Å². The Morgan fingerprint density at radius 1 is 0.412 bits per heavy atom. The average molecular weight is 649 g/mol. The molecule has 3 aromatic heterocycles. The Morgan fingerprint density at radius 3 is 1.73 bits per heavy atom. The SMILES string of the molecule is c1ccc(-c2c3c(c(-c4ccccc4)c4ccccc24)-c2ccc(-c4ccc(-c5cn6c(ncc7cccnc76)n5)cc4)c4cccc-3c24)cc1. The van der Waals surface area contributed by atoms with Crippen LogP contribution in [0, 0.1) is 0 Å². The standard InChI is InChI=1S/C47H28N4/c1-3-11-31(12-4-1)41-36-16-7-8-17-37(36)42(32-13-5-2-6-14-32)45-39-25-24-34(35-18-9-19-38(43(35)39)44(41)45)29-20-22-30(23-21-29)40-28-51-46-33(15-10-26-48-46)27-49-47(51)50-40/h1-28H. The average Bonchev–Trinajstić information content (AvgIpc) is 3.79. The monoisotopic (exact) mass is 648 g/mol. The number of pyridine rings is 1. The summed E-state index contributed by atoms with van der Waals surface area (Å²) in [6.07, 6.45) is 5.67. The molecule has 4 nitrogen and oxygen atoms in total. The third kappa shape index (κ3) is 4.11. The number of hydrogen-bond acceptors (Lipinski definition) is 3. The second kappa shape index (κ2) is 10.8. The van der Waals surface area contributed by atoms with Crippen molar-refractivity contribution in [3.63, 3.8) is 0 Å². The first kappa shape index (κ1) is 28.0. The van der Waals surface area contributed by atoms with Crippen LogP contribution < -0.4 is 0 Å². The maximum atomic E-state index is 4.84. The number of aromatic nitrogens is 4. The Morgan fingerprint density at radius 2 is 1.02 bits per heavy atom. The second-order valence-corrected chi connectivity index (χ2v) is 13.2. The van der Waals surface area contributed by atoms with E-state index in [0.29, 0.717) is 5.78 Å². The predicted octanol–water partition coefficient (Wildman–Crippen LogP) is 11.9. The number of fused-ring (bicyclic) bond motifs is 7. The molecule has 236 valence electrons. The molecule has 1 aliphatic rings. The minimum Gasteiger partial charge on any atom is -0.267 e. The molecular weight excluding hydrogens is 621 g/mol. The molecule has 11 rings (SSSR count). The highest BCUT2D eigenvalue weighted by Crippen LogP contribution is 2.58. The first-order valence-corrected chi connectivity index (χ1v) is 17.3. The van der Waals surface area contributed by atoms with Gasteiger partial charge in [0.15, 0.2) is 0 Å². The van der Waals surface area contributed by atoms with Gasteiger partial charge >= 0.3 is 0 Å². The van der Waals surface area contributed by atoms with E-state index in [-0.39, 0.29) is 0 Å². The lowest BCUT2D eigenvalue weighted by Crippen LogP contribution is -1.93. The Hall–Kier alpha value is -6.91. The number of benzene rings is 7. The third-order valence-electron chi connectivity index (χ3n) is 10.5. The molecule has 7 aromatic carbocycles. The van der Waals surface area contributed by atoms with Gasteiger partial charge in [-0.3, -0.25) is 4.40 Å². The van der Waals surface area contributed by atoms with Gasteiger partial charge in [0, 0.05) is 29.5 Å². The summed E-state index contributed by atoms with van der Waals surface area (Å²) in [7, 11) is 0. The lowest BCUT2D eigenvalue weighted by atomic mass is 9.82. The molecule has 0 bridgehead atoms. The van der Waals surface area contributed by atoms with E-state index >= 15 is 0 Å². The largest absolute Gasteiger partial charge is 0.267 e. The molecule has 0 atom stereocenters. The van der Waals surface area contributed by atoms with Gasteiger partial charge in [0.25, 0.3) is 0 Å². The first-order valence-electron chi connectivity index (χ1n) is 17.3. The smallest absolute Gasteiger partial charge is 0.236 e. The van der Waals surface area contributed by atoms with Gasteiger partial charge in [0.05, 0.1) is 5.69 Å². The molecule has 0 amide bonds. The number of hydrogen-bond donors (Lipinski definition) is 0. The fourth-order valence-corrected chi connectivity index (χ4v) is 8.28. The van der Waals surface area contributed by atoms with Crippen LogP contribution in [0.5, 0.6) is 0 Å². The van der Waals surface area contributed by atoms with Gasteiger partial charge in [0.2, 0.25) is 5.78 Å². The van der Waals surface area contributed by atoms with Gasteiger partial charge in [-0.15, -0.1) is 0 Å². The van der Waals surface area contributed by atoms with Crippen LogP contribution in [0.25, 0.3) is 105 Å². The fraction of sp³-hybridized carbons (Fsp3) is 0. The number of imidazole rings is 1. The summed E-state index contributed by atoms with van der Waals surface area (Å²) in [6.45, 7) is 0. The molecule has 0 spiro atoms. The maximum absolute atomic E-state index is 4.84. The summed E-state index contributed by atoms with van der Waals surface area (Å²) >= 11 is 0. The Balaban J connectivity index is 1.12. The summed E-state index contributed by atoms with van der Waals surface area (Å²) in [6, 6.07) is 54.9. The van der Waals surface area contributed by atoms with Crippen LogP contribution in [0.3, 0.4) is 0 Å². The number of rotatable bonds is 4. The van der Waals surface area contributed by atoms with E-state index in [1.165, 1.54) is 77.2 Å². The topological polar surface area (TPSA) is 43.1 Å². The summed E-state index contributed by atoms with van der Waals surface area (Å²) in [5, 5.41) is 6.09. The number of nitrogens with zero attached hydrogens (tertiary/aromatic N) is 4. The van der Waals surface area contributed by atoms with E-state index in [1.54, 1.807) is 6.20 Å². The Labute approximate surface area is 294 Å². The quantitative estimate of drug-likeness (QED) is 0.191. The van der Waals surface area contributed by atoms with Crippen molar-refractivity contribution in [3.8, 4) is 66.9 Å². The van der Waals surface area contributed by atoms with Gasteiger partial charge in [0.1, 0.15) is 5.65 Å². The van der Waals surface area contributed by atoms with Gasteiger partial charge in [-0.1, -0.05) is 140 Å².